The summed E-state index contributed by atoms with van der Waals surface area (Å²) in [5, 5.41) is 24.0. The molecule has 38 heavy (non-hydrogen) atoms. The zero-order chi connectivity index (χ0) is 27.2. The van der Waals surface area contributed by atoms with E-state index in [0.29, 0.717) is 36.7 Å². The van der Waals surface area contributed by atoms with Crippen LogP contribution >= 0.6 is 0 Å². The molecule has 1 atom stereocenters. The van der Waals surface area contributed by atoms with Crippen LogP contribution in [0, 0.1) is 28.6 Å². The standard InChI is InChI=1S/C27H26F3N3O5/c28-22-8-6-18(25(29)26(22)30)15-32-16-20-13-21(7-5-17(20)12-19(27(32)36)14-24(34)35)38-11-3-9-31-23-4-1-2-10-33(23)37/h1-2,4-8,10,13,19,31H,3,9,11-12,14-16H2,(H,34,35). The molecule has 200 valence electrons. The summed E-state index contributed by atoms with van der Waals surface area (Å²) in [6.07, 6.45) is 1.72. The highest BCUT2D eigenvalue weighted by Crippen LogP contribution is 2.30. The van der Waals surface area contributed by atoms with Gasteiger partial charge in [0, 0.05) is 31.1 Å². The van der Waals surface area contributed by atoms with Gasteiger partial charge >= 0.3 is 5.97 Å². The first-order chi connectivity index (χ1) is 18.2. The lowest BCUT2D eigenvalue weighted by Crippen LogP contribution is -2.35. The molecular formula is C27H26F3N3O5. The number of carbonyl (C=O) groups is 2. The van der Waals surface area contributed by atoms with Crippen molar-refractivity contribution >= 4 is 17.7 Å². The van der Waals surface area contributed by atoms with Gasteiger partial charge < -0.3 is 20.0 Å². The molecule has 2 N–H and O–H groups in total. The summed E-state index contributed by atoms with van der Waals surface area (Å²) in [5.74, 6) is -5.98. The molecule has 3 aromatic rings. The van der Waals surface area contributed by atoms with E-state index in [1.807, 2.05) is 0 Å². The smallest absolute Gasteiger partial charge is 0.304 e. The number of benzene rings is 2. The Bertz CT molecular complexity index is 1340. The number of pyridine rings is 1. The predicted octanol–water partition coefficient (Wildman–Crippen LogP) is 3.79. The van der Waals surface area contributed by atoms with Crippen molar-refractivity contribution in [1.29, 1.82) is 0 Å². The van der Waals surface area contributed by atoms with Crippen LogP contribution in [0.2, 0.25) is 0 Å². The molecule has 1 aliphatic heterocycles. The lowest BCUT2D eigenvalue weighted by atomic mass is 9.94. The number of hydrogen-bond acceptors (Lipinski definition) is 5. The molecule has 0 aliphatic carbocycles. The van der Waals surface area contributed by atoms with Gasteiger partial charge in [0.25, 0.3) is 5.82 Å². The molecule has 8 nitrogen and oxygen atoms in total. The number of aromatic nitrogens is 1. The second-order valence-corrected chi connectivity index (χ2v) is 9.00. The Hall–Kier alpha value is -4.28. The van der Waals surface area contributed by atoms with Gasteiger partial charge in [-0.15, -0.1) is 0 Å². The topological polar surface area (TPSA) is 106 Å². The van der Waals surface area contributed by atoms with Gasteiger partial charge in [0.15, 0.2) is 17.5 Å². The van der Waals surface area contributed by atoms with Crippen LogP contribution in [-0.4, -0.2) is 35.0 Å². The second kappa shape index (κ2) is 11.8. The van der Waals surface area contributed by atoms with E-state index in [4.69, 9.17) is 4.74 Å². The van der Waals surface area contributed by atoms with Crippen LogP contribution in [0.1, 0.15) is 29.5 Å². The minimum atomic E-state index is -1.63. The molecule has 0 radical (unpaired) electrons. The Kier molecular flexibility index (Phi) is 8.35. The molecule has 1 aromatic heterocycles. The number of nitrogens with zero attached hydrogens (tertiary/aromatic N) is 2. The third-order valence-corrected chi connectivity index (χ3v) is 6.28. The maximum Gasteiger partial charge on any atom is 0.304 e. The number of nitrogens with one attached hydrogen (secondary N) is 1. The summed E-state index contributed by atoms with van der Waals surface area (Å²) >= 11 is 0. The number of carboxylic acid groups (broad SMARTS) is 1. The number of hydrogen-bond donors (Lipinski definition) is 2. The van der Waals surface area contributed by atoms with Crippen LogP contribution in [0.3, 0.4) is 0 Å². The van der Waals surface area contributed by atoms with Crippen molar-refractivity contribution in [3.63, 3.8) is 0 Å². The second-order valence-electron chi connectivity index (χ2n) is 9.00. The number of ether oxygens (including phenoxy) is 1. The fraction of sp³-hybridized carbons (Fsp3) is 0.296. The minimum absolute atomic E-state index is 0.0129. The zero-order valence-electron chi connectivity index (χ0n) is 20.3. The van der Waals surface area contributed by atoms with E-state index in [2.05, 4.69) is 5.32 Å². The van der Waals surface area contributed by atoms with Crippen LogP contribution in [0.5, 0.6) is 5.75 Å². The Labute approximate surface area is 216 Å². The molecule has 0 bridgehead atoms. The van der Waals surface area contributed by atoms with Crippen molar-refractivity contribution in [3.05, 3.63) is 94.1 Å². The molecule has 0 fully saturated rings. The van der Waals surface area contributed by atoms with Crippen molar-refractivity contribution in [2.75, 3.05) is 18.5 Å². The van der Waals surface area contributed by atoms with E-state index in [1.165, 1.54) is 11.1 Å². The maximum absolute atomic E-state index is 14.4. The van der Waals surface area contributed by atoms with Crippen LogP contribution in [0.4, 0.5) is 19.0 Å². The van der Waals surface area contributed by atoms with Gasteiger partial charge in [-0.25, -0.2) is 17.9 Å². The van der Waals surface area contributed by atoms with E-state index in [1.54, 1.807) is 36.4 Å². The van der Waals surface area contributed by atoms with Gasteiger partial charge in [-0.1, -0.05) is 18.2 Å². The third-order valence-electron chi connectivity index (χ3n) is 6.28. The van der Waals surface area contributed by atoms with E-state index in [9.17, 15) is 33.1 Å². The zero-order valence-corrected chi connectivity index (χ0v) is 20.3. The highest BCUT2D eigenvalue weighted by Gasteiger charge is 2.32. The first kappa shape index (κ1) is 26.8. The van der Waals surface area contributed by atoms with E-state index in [0.717, 1.165) is 22.4 Å². The summed E-state index contributed by atoms with van der Waals surface area (Å²) in [4.78, 5) is 25.9. The number of halogens is 3. The number of amides is 1. The summed E-state index contributed by atoms with van der Waals surface area (Å²) in [6, 6.07) is 12.1. The monoisotopic (exact) mass is 529 g/mol. The average Bonchev–Trinajstić information content (AvgIpc) is 3.01. The Morgan fingerprint density at radius 3 is 2.71 bits per heavy atom. The number of carbonyl (C=O) groups excluding carboxylic acids is 1. The fourth-order valence-electron chi connectivity index (χ4n) is 4.37. The van der Waals surface area contributed by atoms with Crippen LogP contribution in [0.25, 0.3) is 0 Å². The summed E-state index contributed by atoms with van der Waals surface area (Å²) in [7, 11) is 0. The maximum atomic E-state index is 14.4. The Morgan fingerprint density at radius 2 is 1.95 bits per heavy atom. The summed E-state index contributed by atoms with van der Waals surface area (Å²) in [5.41, 5.74) is 1.21. The van der Waals surface area contributed by atoms with Crippen molar-refractivity contribution in [2.24, 2.45) is 5.92 Å². The van der Waals surface area contributed by atoms with Crippen LogP contribution in [-0.2, 0) is 29.1 Å². The number of aliphatic carboxylic acids is 1. The van der Waals surface area contributed by atoms with Gasteiger partial charge in [0.05, 0.1) is 31.7 Å². The van der Waals surface area contributed by atoms with Gasteiger partial charge in [0.2, 0.25) is 5.91 Å². The van der Waals surface area contributed by atoms with Crippen LogP contribution < -0.4 is 14.8 Å². The van der Waals surface area contributed by atoms with Gasteiger partial charge in [-0.2, -0.15) is 0 Å². The number of fused-ring (bicyclic) bond motifs is 1. The van der Waals surface area contributed by atoms with E-state index in [-0.39, 0.29) is 25.1 Å². The lowest BCUT2D eigenvalue weighted by Gasteiger charge is -2.24. The molecule has 1 unspecified atom stereocenters. The Balaban J connectivity index is 1.47. The highest BCUT2D eigenvalue weighted by molar-refractivity contribution is 5.84. The number of carboxylic acids is 1. The van der Waals surface area contributed by atoms with E-state index >= 15 is 0 Å². The molecule has 0 saturated heterocycles. The normalized spacial score (nSPS) is 15.1. The molecule has 0 spiro atoms. The van der Waals surface area contributed by atoms with Crippen molar-refractivity contribution in [1.82, 2.24) is 4.90 Å². The number of rotatable bonds is 10. The predicted molar refractivity (Wildman–Crippen MR) is 130 cm³/mol. The highest BCUT2D eigenvalue weighted by atomic mass is 19.2. The molecule has 1 amide bonds. The lowest BCUT2D eigenvalue weighted by molar-refractivity contribution is -0.590. The van der Waals surface area contributed by atoms with E-state index < -0.39 is 41.7 Å². The first-order valence-corrected chi connectivity index (χ1v) is 12.0. The third kappa shape index (κ3) is 6.34. The van der Waals surface area contributed by atoms with Gasteiger partial charge in [-0.05, 0) is 41.8 Å². The fourth-order valence-corrected chi connectivity index (χ4v) is 4.37. The quantitative estimate of drug-likeness (QED) is 0.179. The largest absolute Gasteiger partial charge is 0.711 e. The molecule has 1 aliphatic rings. The summed E-state index contributed by atoms with van der Waals surface area (Å²) < 4.78 is 48.1. The number of anilines is 1. The molecule has 2 heterocycles. The first-order valence-electron chi connectivity index (χ1n) is 12.0. The van der Waals surface area contributed by atoms with Crippen molar-refractivity contribution in [2.45, 2.75) is 32.4 Å². The SMILES string of the molecule is O=C(O)CC1Cc2ccc(OCCCNc3cccc[n+]3[O-])cc2CN(Cc2ccc(F)c(F)c2F)C1=O. The molecule has 2 aromatic carbocycles. The van der Waals surface area contributed by atoms with Crippen LogP contribution in [0.15, 0.2) is 54.7 Å². The summed E-state index contributed by atoms with van der Waals surface area (Å²) in [6.45, 7) is 0.490. The van der Waals surface area contributed by atoms with Crippen molar-refractivity contribution in [3.8, 4) is 5.75 Å². The van der Waals surface area contributed by atoms with Crippen molar-refractivity contribution < 1.29 is 37.3 Å². The molecule has 0 saturated carbocycles. The average molecular weight is 530 g/mol. The molecule has 4 rings (SSSR count). The minimum Gasteiger partial charge on any atom is -0.711 e. The molecular weight excluding hydrogens is 503 g/mol. The molecule has 11 heteroatoms. The van der Waals surface area contributed by atoms with Gasteiger partial charge in [-0.3, -0.25) is 14.9 Å². The Morgan fingerprint density at radius 1 is 1.13 bits per heavy atom. The van der Waals surface area contributed by atoms with Gasteiger partial charge in [0.1, 0.15) is 5.75 Å².